The van der Waals surface area contributed by atoms with Crippen LogP contribution in [0, 0.1) is 0 Å². The number of benzene rings is 1. The Kier molecular flexibility index (Phi) is 4.63. The van der Waals surface area contributed by atoms with E-state index in [1.165, 1.54) is 10.9 Å². The maximum Gasteiger partial charge on any atom is 0.244 e. The van der Waals surface area contributed by atoms with E-state index in [9.17, 15) is 4.79 Å². The van der Waals surface area contributed by atoms with E-state index in [-0.39, 0.29) is 12.5 Å². The zero-order valence-corrected chi connectivity index (χ0v) is 12.0. The van der Waals surface area contributed by atoms with E-state index in [0.29, 0.717) is 23.8 Å². The second kappa shape index (κ2) is 6.43. The van der Waals surface area contributed by atoms with E-state index < -0.39 is 0 Å². The predicted octanol–water partition coefficient (Wildman–Crippen LogP) is 2.17. The summed E-state index contributed by atoms with van der Waals surface area (Å²) in [6.07, 6.45) is 3.17. The van der Waals surface area contributed by atoms with Gasteiger partial charge in [-0.3, -0.25) is 9.48 Å². The van der Waals surface area contributed by atoms with Gasteiger partial charge in [-0.15, -0.1) is 0 Å². The highest BCUT2D eigenvalue weighted by Gasteiger charge is 2.13. The molecule has 1 aromatic heterocycles. The highest BCUT2D eigenvalue weighted by molar-refractivity contribution is 6.30. The third-order valence-electron chi connectivity index (χ3n) is 2.95. The van der Waals surface area contributed by atoms with Crippen molar-refractivity contribution in [2.75, 3.05) is 12.3 Å². The molecule has 0 aliphatic carbocycles. The molecule has 0 saturated carbocycles. The molecular formula is C14H17ClN4O. The summed E-state index contributed by atoms with van der Waals surface area (Å²) >= 11 is 5.95. The number of likely N-dealkylation sites (N-methyl/N-ethyl adjacent to an activating group) is 1. The number of aromatic nitrogens is 2. The molecule has 0 bridgehead atoms. The van der Waals surface area contributed by atoms with Crippen LogP contribution in [0.2, 0.25) is 5.02 Å². The van der Waals surface area contributed by atoms with Crippen molar-refractivity contribution < 1.29 is 4.79 Å². The van der Waals surface area contributed by atoms with E-state index in [1.807, 2.05) is 31.2 Å². The van der Waals surface area contributed by atoms with Crippen LogP contribution < -0.4 is 5.73 Å². The number of hydrogen-bond acceptors (Lipinski definition) is 3. The molecule has 1 heterocycles. The van der Waals surface area contributed by atoms with Crippen LogP contribution in [0.1, 0.15) is 12.5 Å². The minimum absolute atomic E-state index is 0.00410. The van der Waals surface area contributed by atoms with Crippen molar-refractivity contribution in [1.29, 1.82) is 0 Å². The Morgan fingerprint density at radius 3 is 2.90 bits per heavy atom. The Morgan fingerprint density at radius 2 is 2.30 bits per heavy atom. The monoisotopic (exact) mass is 292 g/mol. The molecule has 0 atom stereocenters. The lowest BCUT2D eigenvalue weighted by Gasteiger charge is -2.21. The van der Waals surface area contributed by atoms with Gasteiger partial charge < -0.3 is 10.6 Å². The van der Waals surface area contributed by atoms with Gasteiger partial charge in [-0.25, -0.2) is 0 Å². The largest absolute Gasteiger partial charge is 0.396 e. The van der Waals surface area contributed by atoms with E-state index in [2.05, 4.69) is 5.10 Å². The normalized spacial score (nSPS) is 10.5. The smallest absolute Gasteiger partial charge is 0.244 e. The maximum atomic E-state index is 12.2. The average Bonchev–Trinajstić information content (AvgIpc) is 2.81. The van der Waals surface area contributed by atoms with Crippen LogP contribution in [-0.4, -0.2) is 27.1 Å². The number of amides is 1. The fourth-order valence-electron chi connectivity index (χ4n) is 1.94. The highest BCUT2D eigenvalue weighted by atomic mass is 35.5. The van der Waals surface area contributed by atoms with Crippen molar-refractivity contribution in [3.63, 3.8) is 0 Å². The fraction of sp³-hybridized carbons (Fsp3) is 0.286. The summed E-state index contributed by atoms with van der Waals surface area (Å²) in [5, 5.41) is 4.69. The van der Waals surface area contributed by atoms with Crippen molar-refractivity contribution >= 4 is 23.2 Å². The Bertz CT molecular complexity index is 596. The first kappa shape index (κ1) is 14.4. The van der Waals surface area contributed by atoms with Crippen molar-refractivity contribution in [2.45, 2.75) is 20.0 Å². The topological polar surface area (TPSA) is 64.2 Å². The van der Waals surface area contributed by atoms with Gasteiger partial charge >= 0.3 is 0 Å². The van der Waals surface area contributed by atoms with Crippen LogP contribution in [0.15, 0.2) is 36.7 Å². The molecule has 0 aliphatic rings. The number of carbonyl (C=O) groups excluding carboxylic acids is 1. The molecule has 0 aliphatic heterocycles. The van der Waals surface area contributed by atoms with Crippen LogP contribution in [0.3, 0.4) is 0 Å². The van der Waals surface area contributed by atoms with E-state index in [4.69, 9.17) is 17.3 Å². The highest BCUT2D eigenvalue weighted by Crippen LogP contribution is 2.13. The van der Waals surface area contributed by atoms with E-state index in [0.717, 1.165) is 5.56 Å². The summed E-state index contributed by atoms with van der Waals surface area (Å²) in [7, 11) is 0. The second-order valence-corrected chi connectivity index (χ2v) is 4.95. The first-order valence-electron chi connectivity index (χ1n) is 6.38. The molecule has 0 saturated heterocycles. The number of hydrogen-bond donors (Lipinski definition) is 1. The molecule has 20 heavy (non-hydrogen) atoms. The lowest BCUT2D eigenvalue weighted by atomic mass is 10.2. The molecule has 2 aromatic rings. The summed E-state index contributed by atoms with van der Waals surface area (Å²) in [5.74, 6) is -0.00410. The van der Waals surface area contributed by atoms with Crippen molar-refractivity contribution in [3.05, 3.63) is 47.2 Å². The standard InChI is InChI=1S/C14H17ClN4O/c1-2-18(8-11-4-3-5-12(15)6-11)14(20)10-19-9-13(16)7-17-19/h3-7,9H,2,8,10,16H2,1H3. The van der Waals surface area contributed by atoms with Gasteiger partial charge in [-0.2, -0.15) is 5.10 Å². The SMILES string of the molecule is CCN(Cc1cccc(Cl)c1)C(=O)Cn1cc(N)cn1. The Hall–Kier alpha value is -2.01. The van der Waals surface area contributed by atoms with Crippen LogP contribution in [-0.2, 0) is 17.9 Å². The number of halogens is 1. The van der Waals surface area contributed by atoms with Crippen LogP contribution in [0.4, 0.5) is 5.69 Å². The molecule has 1 amide bonds. The molecule has 2 N–H and O–H groups in total. The zero-order chi connectivity index (χ0) is 14.5. The molecule has 5 nitrogen and oxygen atoms in total. The number of anilines is 1. The van der Waals surface area contributed by atoms with Gasteiger partial charge in [0.2, 0.25) is 5.91 Å². The molecule has 6 heteroatoms. The van der Waals surface area contributed by atoms with Crippen LogP contribution in [0.25, 0.3) is 0 Å². The minimum atomic E-state index is -0.00410. The predicted molar refractivity (Wildman–Crippen MR) is 79.2 cm³/mol. The summed E-state index contributed by atoms with van der Waals surface area (Å²) in [5.41, 5.74) is 7.14. The third-order valence-corrected chi connectivity index (χ3v) is 3.18. The molecule has 2 rings (SSSR count). The van der Waals surface area contributed by atoms with Crippen molar-refractivity contribution in [3.8, 4) is 0 Å². The van der Waals surface area contributed by atoms with Gasteiger partial charge in [0, 0.05) is 24.3 Å². The zero-order valence-electron chi connectivity index (χ0n) is 11.3. The number of nitrogen functional groups attached to an aromatic ring is 1. The van der Waals surface area contributed by atoms with Crippen molar-refractivity contribution in [1.82, 2.24) is 14.7 Å². The lowest BCUT2D eigenvalue weighted by Crippen LogP contribution is -2.33. The number of nitrogens with zero attached hydrogens (tertiary/aromatic N) is 3. The molecule has 106 valence electrons. The number of carbonyl (C=O) groups is 1. The van der Waals surface area contributed by atoms with E-state index >= 15 is 0 Å². The molecule has 0 spiro atoms. The van der Waals surface area contributed by atoms with Crippen molar-refractivity contribution in [2.24, 2.45) is 0 Å². The van der Waals surface area contributed by atoms with Gasteiger partial charge in [0.15, 0.2) is 0 Å². The summed E-state index contributed by atoms with van der Waals surface area (Å²) < 4.78 is 1.54. The molecule has 0 fully saturated rings. The summed E-state index contributed by atoms with van der Waals surface area (Å²) in [6.45, 7) is 3.29. The van der Waals surface area contributed by atoms with Crippen LogP contribution in [0.5, 0.6) is 0 Å². The van der Waals surface area contributed by atoms with Gasteiger partial charge in [-0.05, 0) is 24.6 Å². The fourth-order valence-corrected chi connectivity index (χ4v) is 2.15. The quantitative estimate of drug-likeness (QED) is 0.918. The molecule has 0 unspecified atom stereocenters. The second-order valence-electron chi connectivity index (χ2n) is 4.51. The van der Waals surface area contributed by atoms with E-state index in [1.54, 1.807) is 11.1 Å². The van der Waals surface area contributed by atoms with Crippen LogP contribution >= 0.6 is 11.6 Å². The Balaban J connectivity index is 2.02. The first-order chi connectivity index (χ1) is 9.58. The molecule has 1 aromatic carbocycles. The third kappa shape index (κ3) is 3.74. The minimum Gasteiger partial charge on any atom is -0.396 e. The summed E-state index contributed by atoms with van der Waals surface area (Å²) in [6, 6.07) is 7.51. The Morgan fingerprint density at radius 1 is 1.50 bits per heavy atom. The molecule has 0 radical (unpaired) electrons. The first-order valence-corrected chi connectivity index (χ1v) is 6.76. The van der Waals surface area contributed by atoms with Gasteiger partial charge in [0.1, 0.15) is 6.54 Å². The van der Waals surface area contributed by atoms with Gasteiger partial charge in [0.25, 0.3) is 0 Å². The number of nitrogens with two attached hydrogens (primary N) is 1. The molecular weight excluding hydrogens is 276 g/mol. The lowest BCUT2D eigenvalue weighted by molar-refractivity contribution is -0.132. The average molecular weight is 293 g/mol. The maximum absolute atomic E-state index is 12.2. The number of rotatable bonds is 5. The van der Waals surface area contributed by atoms with Gasteiger partial charge in [-0.1, -0.05) is 23.7 Å². The van der Waals surface area contributed by atoms with Gasteiger partial charge in [0.05, 0.1) is 11.9 Å². The summed E-state index contributed by atoms with van der Waals surface area (Å²) in [4.78, 5) is 14.0. The Labute approximate surface area is 122 Å².